The molecule has 2 aromatic carbocycles. The van der Waals surface area contributed by atoms with Crippen molar-refractivity contribution in [3.05, 3.63) is 71.3 Å². The number of likely N-dealkylation sites (tertiary alicyclic amines) is 1. The first-order valence-electron chi connectivity index (χ1n) is 11.4. The maximum atomic E-state index is 13.5. The number of piperidine rings is 1. The Morgan fingerprint density at radius 1 is 0.824 bits per heavy atom. The lowest BCUT2D eigenvalue weighted by Gasteiger charge is -2.40. The van der Waals surface area contributed by atoms with Gasteiger partial charge in [0.2, 0.25) is 11.8 Å². The third-order valence-corrected chi connectivity index (χ3v) is 6.34. The molecule has 3 amide bonds. The van der Waals surface area contributed by atoms with Crippen molar-refractivity contribution in [3.8, 4) is 0 Å². The van der Waals surface area contributed by atoms with Crippen LogP contribution in [-0.2, 0) is 15.8 Å². The van der Waals surface area contributed by atoms with E-state index in [2.05, 4.69) is 0 Å². The van der Waals surface area contributed by atoms with Crippen molar-refractivity contribution < 1.29 is 27.6 Å². The minimum Gasteiger partial charge on any atom is -0.337 e. The summed E-state index contributed by atoms with van der Waals surface area (Å²) in [5.41, 5.74) is -0.162. The molecule has 34 heavy (non-hydrogen) atoms. The highest BCUT2D eigenvalue weighted by atomic mass is 19.4. The molecule has 9 heteroatoms. The van der Waals surface area contributed by atoms with Gasteiger partial charge in [-0.1, -0.05) is 36.4 Å². The van der Waals surface area contributed by atoms with Crippen molar-refractivity contribution in [3.63, 3.8) is 0 Å². The maximum Gasteiger partial charge on any atom is 0.416 e. The van der Waals surface area contributed by atoms with Crippen molar-refractivity contribution in [2.75, 3.05) is 32.7 Å². The molecule has 0 spiro atoms. The molecule has 4 rings (SSSR count). The number of alkyl halides is 3. The predicted octanol–water partition coefficient (Wildman–Crippen LogP) is 3.74. The fourth-order valence-electron chi connectivity index (χ4n) is 4.50. The highest BCUT2D eigenvalue weighted by Gasteiger charge is 2.37. The molecular formula is C25H26F3N3O3. The van der Waals surface area contributed by atoms with Crippen LogP contribution < -0.4 is 0 Å². The fourth-order valence-corrected chi connectivity index (χ4v) is 4.50. The van der Waals surface area contributed by atoms with Gasteiger partial charge in [0, 0.05) is 44.7 Å². The Morgan fingerprint density at radius 2 is 1.50 bits per heavy atom. The fraction of sp³-hybridized carbons (Fsp3) is 0.400. The summed E-state index contributed by atoms with van der Waals surface area (Å²) in [7, 11) is 0. The highest BCUT2D eigenvalue weighted by Crippen LogP contribution is 2.30. The van der Waals surface area contributed by atoms with Crippen molar-refractivity contribution >= 4 is 17.7 Å². The standard InChI is InChI=1S/C25H26F3N3O3/c26-25(27,28)20-10-6-9-19(17-20)23(33)29-13-15-30(16-14-29)24(34)22(18-7-2-1-3-8-18)31-12-5-4-11-21(31)32/h1-3,6-10,17,22H,4-5,11-16H2. The molecular weight excluding hydrogens is 447 g/mol. The third kappa shape index (κ3) is 5.08. The second-order valence-corrected chi connectivity index (χ2v) is 8.55. The zero-order valence-corrected chi connectivity index (χ0v) is 18.6. The van der Waals surface area contributed by atoms with Gasteiger partial charge in [-0.15, -0.1) is 0 Å². The topological polar surface area (TPSA) is 60.9 Å². The van der Waals surface area contributed by atoms with E-state index in [1.165, 1.54) is 17.0 Å². The smallest absolute Gasteiger partial charge is 0.337 e. The van der Waals surface area contributed by atoms with Gasteiger partial charge < -0.3 is 14.7 Å². The van der Waals surface area contributed by atoms with Crippen LogP contribution in [0.1, 0.15) is 46.8 Å². The molecule has 2 aliphatic heterocycles. The van der Waals surface area contributed by atoms with E-state index >= 15 is 0 Å². The number of benzene rings is 2. The molecule has 0 aliphatic carbocycles. The van der Waals surface area contributed by atoms with Crippen molar-refractivity contribution in [2.24, 2.45) is 0 Å². The number of amides is 3. The summed E-state index contributed by atoms with van der Waals surface area (Å²) in [6.45, 7) is 1.41. The van der Waals surface area contributed by atoms with Crippen molar-refractivity contribution in [1.29, 1.82) is 0 Å². The van der Waals surface area contributed by atoms with Crippen LogP contribution in [0, 0.1) is 0 Å². The minimum absolute atomic E-state index is 0.0318. The van der Waals surface area contributed by atoms with E-state index in [1.807, 2.05) is 30.3 Å². The Balaban J connectivity index is 1.46. The molecule has 2 aliphatic rings. The molecule has 2 fully saturated rings. The van der Waals surface area contributed by atoms with Gasteiger partial charge in [0.1, 0.15) is 6.04 Å². The Bertz CT molecular complexity index is 1050. The lowest BCUT2D eigenvalue weighted by atomic mass is 9.99. The van der Waals surface area contributed by atoms with E-state index in [4.69, 9.17) is 0 Å². The summed E-state index contributed by atoms with van der Waals surface area (Å²) in [6, 6.07) is 12.8. The zero-order chi connectivity index (χ0) is 24.3. The minimum atomic E-state index is -4.53. The van der Waals surface area contributed by atoms with Crippen LogP contribution >= 0.6 is 0 Å². The Hall–Kier alpha value is -3.36. The van der Waals surface area contributed by atoms with E-state index in [0.717, 1.165) is 30.5 Å². The Kier molecular flexibility index (Phi) is 6.90. The monoisotopic (exact) mass is 473 g/mol. The largest absolute Gasteiger partial charge is 0.416 e. The normalized spacial score (nSPS) is 18.1. The molecule has 0 radical (unpaired) electrons. The van der Waals surface area contributed by atoms with Crippen LogP contribution in [0.15, 0.2) is 54.6 Å². The van der Waals surface area contributed by atoms with Gasteiger partial charge in [-0.25, -0.2) is 0 Å². The summed E-state index contributed by atoms with van der Waals surface area (Å²) in [5.74, 6) is -0.747. The summed E-state index contributed by atoms with van der Waals surface area (Å²) in [6.07, 6.45) is -2.47. The van der Waals surface area contributed by atoms with E-state index < -0.39 is 23.7 Å². The second kappa shape index (κ2) is 9.87. The molecule has 0 saturated carbocycles. The molecule has 2 aromatic rings. The van der Waals surface area contributed by atoms with Gasteiger partial charge in [-0.3, -0.25) is 14.4 Å². The summed E-state index contributed by atoms with van der Waals surface area (Å²) in [4.78, 5) is 43.7. The summed E-state index contributed by atoms with van der Waals surface area (Å²) < 4.78 is 39.0. The first kappa shape index (κ1) is 23.8. The first-order valence-corrected chi connectivity index (χ1v) is 11.4. The molecule has 6 nitrogen and oxygen atoms in total. The van der Waals surface area contributed by atoms with Crippen molar-refractivity contribution in [1.82, 2.24) is 14.7 Å². The summed E-state index contributed by atoms with van der Waals surface area (Å²) in [5, 5.41) is 0. The number of carbonyl (C=O) groups excluding carboxylic acids is 3. The molecule has 2 saturated heterocycles. The SMILES string of the molecule is O=C(c1cccc(C(F)(F)F)c1)N1CCN(C(=O)C(c2ccccc2)N2CCCCC2=O)CC1. The molecule has 180 valence electrons. The van der Waals surface area contributed by atoms with Crippen LogP contribution in [-0.4, -0.2) is 65.1 Å². The van der Waals surface area contributed by atoms with Crippen LogP contribution in [0.2, 0.25) is 0 Å². The van der Waals surface area contributed by atoms with Gasteiger partial charge in [0.15, 0.2) is 0 Å². The number of nitrogens with zero attached hydrogens (tertiary/aromatic N) is 3. The van der Waals surface area contributed by atoms with E-state index in [9.17, 15) is 27.6 Å². The van der Waals surface area contributed by atoms with Crippen LogP contribution in [0.3, 0.4) is 0 Å². The van der Waals surface area contributed by atoms with Crippen LogP contribution in [0.5, 0.6) is 0 Å². The highest BCUT2D eigenvalue weighted by molar-refractivity contribution is 5.95. The maximum absolute atomic E-state index is 13.5. The number of hydrogen-bond acceptors (Lipinski definition) is 3. The number of piperazine rings is 1. The van der Waals surface area contributed by atoms with Gasteiger partial charge in [-0.05, 0) is 36.6 Å². The quantitative estimate of drug-likeness (QED) is 0.680. The number of halogens is 3. The van der Waals surface area contributed by atoms with E-state index in [1.54, 1.807) is 9.80 Å². The first-order chi connectivity index (χ1) is 16.3. The lowest BCUT2D eigenvalue weighted by molar-refractivity contribution is -0.148. The molecule has 1 atom stereocenters. The third-order valence-electron chi connectivity index (χ3n) is 6.34. The molecule has 2 heterocycles. The van der Waals surface area contributed by atoms with Gasteiger partial charge in [0.05, 0.1) is 5.56 Å². The predicted molar refractivity (Wildman–Crippen MR) is 119 cm³/mol. The molecule has 0 N–H and O–H groups in total. The van der Waals surface area contributed by atoms with Gasteiger partial charge >= 0.3 is 6.18 Å². The average molecular weight is 473 g/mol. The Morgan fingerprint density at radius 3 is 2.15 bits per heavy atom. The Labute approximate surface area is 195 Å². The van der Waals surface area contributed by atoms with Crippen LogP contribution in [0.25, 0.3) is 0 Å². The molecule has 0 aromatic heterocycles. The van der Waals surface area contributed by atoms with E-state index in [0.29, 0.717) is 13.0 Å². The number of hydrogen-bond donors (Lipinski definition) is 0. The lowest BCUT2D eigenvalue weighted by Crippen LogP contribution is -2.54. The van der Waals surface area contributed by atoms with Gasteiger partial charge in [0.25, 0.3) is 5.91 Å². The molecule has 0 bridgehead atoms. The zero-order valence-electron chi connectivity index (χ0n) is 18.6. The van der Waals surface area contributed by atoms with Gasteiger partial charge in [-0.2, -0.15) is 13.2 Å². The van der Waals surface area contributed by atoms with Crippen molar-refractivity contribution in [2.45, 2.75) is 31.5 Å². The average Bonchev–Trinajstić information content (AvgIpc) is 2.85. The summed E-state index contributed by atoms with van der Waals surface area (Å²) >= 11 is 0. The van der Waals surface area contributed by atoms with Crippen LogP contribution in [0.4, 0.5) is 13.2 Å². The number of carbonyl (C=O) groups is 3. The molecule has 1 unspecified atom stereocenters. The number of rotatable bonds is 4. The van der Waals surface area contributed by atoms with E-state index in [-0.39, 0.29) is 43.6 Å². The second-order valence-electron chi connectivity index (χ2n) is 8.55.